The van der Waals surface area contributed by atoms with Crippen LogP contribution < -0.4 is 0 Å². The van der Waals surface area contributed by atoms with E-state index in [4.69, 9.17) is 4.74 Å². The Morgan fingerprint density at radius 1 is 1.22 bits per heavy atom. The van der Waals surface area contributed by atoms with Crippen molar-refractivity contribution in [3.8, 4) is 10.4 Å². The van der Waals surface area contributed by atoms with Crippen LogP contribution in [0, 0.1) is 0 Å². The highest BCUT2D eigenvalue weighted by molar-refractivity contribution is 7.16. The lowest BCUT2D eigenvalue weighted by molar-refractivity contribution is 0.00692. The van der Waals surface area contributed by atoms with E-state index in [-0.39, 0.29) is 0 Å². The quantitative estimate of drug-likeness (QED) is 0.779. The molecule has 2 aromatic rings. The predicted molar refractivity (Wildman–Crippen MR) is 68.3 cm³/mol. The summed E-state index contributed by atoms with van der Waals surface area (Å²) in [6.07, 6.45) is 6.45. The molecule has 6 heteroatoms. The monoisotopic (exact) mass is 263 g/mol. The molecule has 5 nitrogen and oxygen atoms in total. The zero-order valence-electron chi connectivity index (χ0n) is 10.4. The molecule has 0 saturated heterocycles. The maximum Gasteiger partial charge on any atom is 0.367 e. The van der Waals surface area contributed by atoms with E-state index in [0.29, 0.717) is 5.01 Å². The SMILES string of the molecule is CC(C)(C)OC(=O)c1ncc(-c2cncnc2)s1. The fourth-order valence-corrected chi connectivity index (χ4v) is 2.02. The molecule has 0 aromatic carbocycles. The smallest absolute Gasteiger partial charge is 0.367 e. The number of esters is 1. The van der Waals surface area contributed by atoms with Gasteiger partial charge in [0, 0.05) is 24.2 Å². The summed E-state index contributed by atoms with van der Waals surface area (Å²) in [6.45, 7) is 5.47. The first-order valence-electron chi connectivity index (χ1n) is 5.40. The van der Waals surface area contributed by atoms with Crippen molar-refractivity contribution in [1.29, 1.82) is 0 Å². The summed E-state index contributed by atoms with van der Waals surface area (Å²) >= 11 is 1.27. The number of rotatable bonds is 2. The van der Waals surface area contributed by atoms with E-state index in [0.717, 1.165) is 10.4 Å². The molecule has 0 unspecified atom stereocenters. The normalized spacial score (nSPS) is 11.3. The van der Waals surface area contributed by atoms with Gasteiger partial charge in [0.2, 0.25) is 5.01 Å². The lowest BCUT2D eigenvalue weighted by Gasteiger charge is -2.18. The Hall–Kier alpha value is -1.82. The van der Waals surface area contributed by atoms with Gasteiger partial charge in [-0.05, 0) is 20.8 Å². The van der Waals surface area contributed by atoms with Crippen LogP contribution in [0.25, 0.3) is 10.4 Å². The van der Waals surface area contributed by atoms with Crippen molar-refractivity contribution in [1.82, 2.24) is 15.0 Å². The minimum atomic E-state index is -0.515. The topological polar surface area (TPSA) is 65.0 Å². The van der Waals surface area contributed by atoms with E-state index in [2.05, 4.69) is 15.0 Å². The molecule has 0 spiro atoms. The van der Waals surface area contributed by atoms with Gasteiger partial charge in [0.1, 0.15) is 11.9 Å². The van der Waals surface area contributed by atoms with Crippen molar-refractivity contribution < 1.29 is 9.53 Å². The molecule has 18 heavy (non-hydrogen) atoms. The highest BCUT2D eigenvalue weighted by atomic mass is 32.1. The van der Waals surface area contributed by atoms with Crippen molar-refractivity contribution >= 4 is 17.3 Å². The lowest BCUT2D eigenvalue weighted by atomic mass is 10.2. The Morgan fingerprint density at radius 2 is 1.89 bits per heavy atom. The zero-order chi connectivity index (χ0) is 13.2. The largest absolute Gasteiger partial charge is 0.455 e. The van der Waals surface area contributed by atoms with E-state index in [1.165, 1.54) is 17.7 Å². The van der Waals surface area contributed by atoms with Crippen LogP contribution in [0.1, 0.15) is 30.6 Å². The van der Waals surface area contributed by atoms with Crippen molar-refractivity contribution in [2.75, 3.05) is 0 Å². The lowest BCUT2D eigenvalue weighted by Crippen LogP contribution is -2.23. The van der Waals surface area contributed by atoms with Crippen LogP contribution in [0.5, 0.6) is 0 Å². The van der Waals surface area contributed by atoms with Crippen molar-refractivity contribution in [3.63, 3.8) is 0 Å². The number of hydrogen-bond donors (Lipinski definition) is 0. The Kier molecular flexibility index (Phi) is 3.38. The fourth-order valence-electron chi connectivity index (χ4n) is 1.25. The van der Waals surface area contributed by atoms with E-state index in [1.807, 2.05) is 20.8 Å². The first-order valence-corrected chi connectivity index (χ1v) is 6.22. The maximum absolute atomic E-state index is 11.8. The Labute approximate surface area is 109 Å². The zero-order valence-corrected chi connectivity index (χ0v) is 11.2. The van der Waals surface area contributed by atoms with Gasteiger partial charge >= 0.3 is 5.97 Å². The second-order valence-corrected chi connectivity index (χ2v) is 5.69. The average molecular weight is 263 g/mol. The molecule has 2 heterocycles. The molecule has 2 aromatic heterocycles. The molecular formula is C12H13N3O2S. The molecule has 94 valence electrons. The van der Waals surface area contributed by atoms with Crippen LogP contribution in [-0.4, -0.2) is 26.5 Å². The summed E-state index contributed by atoms with van der Waals surface area (Å²) in [5, 5.41) is 0.337. The Bertz CT molecular complexity index is 546. The van der Waals surface area contributed by atoms with Crippen LogP contribution in [0.3, 0.4) is 0 Å². The molecule has 0 aliphatic heterocycles. The fraction of sp³-hybridized carbons (Fsp3) is 0.333. The number of hydrogen-bond acceptors (Lipinski definition) is 6. The first-order chi connectivity index (χ1) is 8.46. The van der Waals surface area contributed by atoms with Crippen molar-refractivity contribution in [3.05, 3.63) is 29.9 Å². The van der Waals surface area contributed by atoms with Gasteiger partial charge < -0.3 is 4.74 Å². The molecule has 0 radical (unpaired) electrons. The molecule has 0 atom stereocenters. The van der Waals surface area contributed by atoms with Crippen LogP contribution in [-0.2, 0) is 4.74 Å². The summed E-state index contributed by atoms with van der Waals surface area (Å²) in [6, 6.07) is 0. The van der Waals surface area contributed by atoms with E-state index in [9.17, 15) is 4.79 Å². The summed E-state index contributed by atoms with van der Waals surface area (Å²) in [4.78, 5) is 24.6. The molecular weight excluding hydrogens is 250 g/mol. The van der Waals surface area contributed by atoms with Gasteiger partial charge in [-0.1, -0.05) is 0 Å². The number of ether oxygens (including phenoxy) is 1. The predicted octanol–water partition coefficient (Wildman–Crippen LogP) is 2.56. The minimum absolute atomic E-state index is 0.337. The van der Waals surface area contributed by atoms with Gasteiger partial charge in [-0.3, -0.25) is 0 Å². The van der Waals surface area contributed by atoms with Gasteiger partial charge in [-0.2, -0.15) is 0 Å². The Balaban J connectivity index is 2.19. The summed E-state index contributed by atoms with van der Waals surface area (Å²) in [5.41, 5.74) is 0.323. The maximum atomic E-state index is 11.8. The van der Waals surface area contributed by atoms with Crippen LogP contribution in [0.2, 0.25) is 0 Å². The third-order valence-corrected chi connectivity index (χ3v) is 2.95. The van der Waals surface area contributed by atoms with Crippen LogP contribution in [0.15, 0.2) is 24.9 Å². The molecule has 0 N–H and O–H groups in total. The minimum Gasteiger partial charge on any atom is -0.455 e. The molecule has 0 saturated carbocycles. The second-order valence-electron chi connectivity index (χ2n) is 4.66. The number of carbonyl (C=O) groups excluding carboxylic acids is 1. The summed E-state index contributed by atoms with van der Waals surface area (Å²) in [7, 11) is 0. The molecule has 2 rings (SSSR count). The number of carbonyl (C=O) groups is 1. The van der Waals surface area contributed by atoms with Gasteiger partial charge in [0.15, 0.2) is 0 Å². The second kappa shape index (κ2) is 4.81. The number of thiazole rings is 1. The van der Waals surface area contributed by atoms with E-state index >= 15 is 0 Å². The molecule has 0 aliphatic rings. The van der Waals surface area contributed by atoms with E-state index < -0.39 is 11.6 Å². The third-order valence-electron chi connectivity index (χ3n) is 1.92. The molecule has 0 bridgehead atoms. The van der Waals surface area contributed by atoms with Gasteiger partial charge in [-0.15, -0.1) is 11.3 Å². The van der Waals surface area contributed by atoms with Crippen molar-refractivity contribution in [2.24, 2.45) is 0 Å². The Morgan fingerprint density at radius 3 is 2.50 bits per heavy atom. The summed E-state index contributed by atoms with van der Waals surface area (Å²) < 4.78 is 5.25. The molecule has 0 aliphatic carbocycles. The van der Waals surface area contributed by atoms with Gasteiger partial charge in [-0.25, -0.2) is 19.7 Å². The van der Waals surface area contributed by atoms with Gasteiger partial charge in [0.25, 0.3) is 0 Å². The number of nitrogens with zero attached hydrogens (tertiary/aromatic N) is 3. The summed E-state index contributed by atoms with van der Waals surface area (Å²) in [5.74, 6) is -0.407. The van der Waals surface area contributed by atoms with E-state index in [1.54, 1.807) is 18.6 Å². The van der Waals surface area contributed by atoms with Crippen LogP contribution in [0.4, 0.5) is 0 Å². The highest BCUT2D eigenvalue weighted by Gasteiger charge is 2.20. The van der Waals surface area contributed by atoms with Crippen LogP contribution >= 0.6 is 11.3 Å². The molecule has 0 fully saturated rings. The average Bonchev–Trinajstić information content (AvgIpc) is 2.77. The standard InChI is InChI=1S/C12H13N3O2S/c1-12(2,3)17-11(16)10-15-6-9(18-10)8-4-13-7-14-5-8/h4-7H,1-3H3. The van der Waals surface area contributed by atoms with Crippen molar-refractivity contribution in [2.45, 2.75) is 26.4 Å². The molecule has 0 amide bonds. The third kappa shape index (κ3) is 3.10. The first kappa shape index (κ1) is 12.6. The number of aromatic nitrogens is 3. The van der Waals surface area contributed by atoms with Gasteiger partial charge in [0.05, 0.1) is 4.88 Å². The highest BCUT2D eigenvalue weighted by Crippen LogP contribution is 2.25.